The topological polar surface area (TPSA) is 89.1 Å². The van der Waals surface area contributed by atoms with E-state index in [1.54, 1.807) is 12.4 Å². The number of aromatic nitrogens is 2. The average molecular weight is 412 g/mol. The van der Waals surface area contributed by atoms with Gasteiger partial charge >= 0.3 is 0 Å². The van der Waals surface area contributed by atoms with Crippen molar-refractivity contribution in [2.75, 3.05) is 0 Å². The van der Waals surface area contributed by atoms with Gasteiger partial charge in [-0.3, -0.25) is 9.78 Å². The molecular formula is C24H30FN3O2. The SMILES string of the molecule is N[C@H]1CCC[C@@H](c2ccncc2CC(=O)c2ccc(F)c(C3CCC(O)CC3)n2)C1. The Morgan fingerprint density at radius 1 is 1.10 bits per heavy atom. The largest absolute Gasteiger partial charge is 0.393 e. The van der Waals surface area contributed by atoms with Gasteiger partial charge in [-0.05, 0) is 80.2 Å². The monoisotopic (exact) mass is 411 g/mol. The first-order valence-electron chi connectivity index (χ1n) is 11.1. The van der Waals surface area contributed by atoms with E-state index in [0.717, 1.165) is 36.8 Å². The minimum atomic E-state index is -0.369. The molecule has 30 heavy (non-hydrogen) atoms. The fraction of sp³-hybridized carbons (Fsp3) is 0.542. The van der Waals surface area contributed by atoms with Crippen LogP contribution in [0, 0.1) is 5.82 Å². The van der Waals surface area contributed by atoms with Crippen LogP contribution in [-0.4, -0.2) is 33.0 Å². The zero-order chi connectivity index (χ0) is 21.1. The summed E-state index contributed by atoms with van der Waals surface area (Å²) in [5.41, 5.74) is 8.89. The van der Waals surface area contributed by atoms with E-state index in [-0.39, 0.29) is 36.1 Å². The van der Waals surface area contributed by atoms with Crippen molar-refractivity contribution in [1.29, 1.82) is 0 Å². The summed E-state index contributed by atoms with van der Waals surface area (Å²) in [7, 11) is 0. The van der Waals surface area contributed by atoms with Gasteiger partial charge in [-0.15, -0.1) is 0 Å². The first-order chi connectivity index (χ1) is 14.5. The van der Waals surface area contributed by atoms with Crippen LogP contribution in [0.15, 0.2) is 30.6 Å². The third-order valence-electron chi connectivity index (χ3n) is 6.69. The lowest BCUT2D eigenvalue weighted by Gasteiger charge is -2.28. The van der Waals surface area contributed by atoms with Crippen LogP contribution in [0.1, 0.15) is 90.5 Å². The number of nitrogens with two attached hydrogens (primary N) is 1. The Labute approximate surface area is 176 Å². The van der Waals surface area contributed by atoms with E-state index in [1.807, 2.05) is 6.07 Å². The van der Waals surface area contributed by atoms with Crippen molar-refractivity contribution >= 4 is 5.78 Å². The van der Waals surface area contributed by atoms with Crippen LogP contribution in [0.3, 0.4) is 0 Å². The van der Waals surface area contributed by atoms with Gasteiger partial charge in [-0.25, -0.2) is 9.37 Å². The lowest BCUT2D eigenvalue weighted by molar-refractivity contribution is 0.0985. The van der Waals surface area contributed by atoms with Crippen molar-refractivity contribution in [2.24, 2.45) is 5.73 Å². The predicted octanol–water partition coefficient (Wildman–Crippen LogP) is 4.04. The van der Waals surface area contributed by atoms with Crippen molar-refractivity contribution in [3.63, 3.8) is 0 Å². The molecule has 0 aromatic carbocycles. The minimum Gasteiger partial charge on any atom is -0.393 e. The minimum absolute atomic E-state index is 0.0428. The lowest BCUT2D eigenvalue weighted by atomic mass is 9.80. The van der Waals surface area contributed by atoms with Crippen molar-refractivity contribution in [2.45, 2.75) is 81.8 Å². The van der Waals surface area contributed by atoms with E-state index in [0.29, 0.717) is 43.0 Å². The molecule has 5 nitrogen and oxygen atoms in total. The van der Waals surface area contributed by atoms with Gasteiger partial charge < -0.3 is 10.8 Å². The van der Waals surface area contributed by atoms with Crippen molar-refractivity contribution < 1.29 is 14.3 Å². The first kappa shape index (κ1) is 21.1. The number of carbonyl (C=O) groups excluding carboxylic acids is 1. The number of ketones is 1. The molecule has 0 bridgehead atoms. The van der Waals surface area contributed by atoms with Crippen LogP contribution in [0.2, 0.25) is 0 Å². The quantitative estimate of drug-likeness (QED) is 0.725. The average Bonchev–Trinajstić information content (AvgIpc) is 2.75. The van der Waals surface area contributed by atoms with Crippen LogP contribution in [0.5, 0.6) is 0 Å². The van der Waals surface area contributed by atoms with Gasteiger partial charge in [0.2, 0.25) is 0 Å². The normalized spacial score (nSPS) is 27.0. The van der Waals surface area contributed by atoms with Crippen LogP contribution in [-0.2, 0) is 6.42 Å². The molecule has 2 heterocycles. The Morgan fingerprint density at radius 3 is 2.67 bits per heavy atom. The van der Waals surface area contributed by atoms with Gasteiger partial charge in [0.05, 0.1) is 11.8 Å². The number of aliphatic hydroxyl groups excluding tert-OH is 1. The molecule has 2 aliphatic rings. The standard InChI is InChI=1S/C24H30FN3O2/c25-21-8-9-22(28-24(21)15-4-6-19(29)7-5-15)23(30)13-17-14-27-11-10-20(17)16-2-1-3-18(26)12-16/h8-11,14-16,18-19,29H,1-7,12-13,26H2/t15?,16-,18+,19?/m1/s1. The van der Waals surface area contributed by atoms with E-state index in [9.17, 15) is 14.3 Å². The van der Waals surface area contributed by atoms with E-state index in [4.69, 9.17) is 5.73 Å². The summed E-state index contributed by atoms with van der Waals surface area (Å²) in [4.78, 5) is 21.7. The van der Waals surface area contributed by atoms with Gasteiger partial charge in [0.15, 0.2) is 5.78 Å². The molecule has 2 saturated carbocycles. The summed E-state index contributed by atoms with van der Waals surface area (Å²) in [6.45, 7) is 0. The molecule has 2 aliphatic carbocycles. The molecule has 3 N–H and O–H groups in total. The van der Waals surface area contributed by atoms with E-state index in [2.05, 4.69) is 9.97 Å². The smallest absolute Gasteiger partial charge is 0.185 e. The Balaban J connectivity index is 1.53. The summed E-state index contributed by atoms with van der Waals surface area (Å²) in [6, 6.07) is 5.04. The van der Waals surface area contributed by atoms with E-state index < -0.39 is 0 Å². The Bertz CT molecular complexity index is 896. The van der Waals surface area contributed by atoms with Crippen LogP contribution < -0.4 is 5.73 Å². The van der Waals surface area contributed by atoms with Gasteiger partial charge in [-0.2, -0.15) is 0 Å². The van der Waals surface area contributed by atoms with Gasteiger partial charge in [0, 0.05) is 30.8 Å². The van der Waals surface area contributed by atoms with E-state index in [1.165, 1.54) is 12.1 Å². The van der Waals surface area contributed by atoms with Crippen LogP contribution in [0.25, 0.3) is 0 Å². The number of halogens is 1. The fourth-order valence-electron chi connectivity index (χ4n) is 5.01. The maximum absolute atomic E-state index is 14.4. The first-order valence-corrected chi connectivity index (χ1v) is 11.1. The molecule has 0 spiro atoms. The molecule has 0 radical (unpaired) electrons. The Morgan fingerprint density at radius 2 is 1.90 bits per heavy atom. The molecule has 2 atom stereocenters. The van der Waals surface area contributed by atoms with E-state index >= 15 is 0 Å². The maximum Gasteiger partial charge on any atom is 0.185 e. The number of aliphatic hydroxyl groups is 1. The number of Topliss-reactive ketones (excluding diaryl/α,β-unsaturated/α-hetero) is 1. The molecule has 0 unspecified atom stereocenters. The summed E-state index contributed by atoms with van der Waals surface area (Å²) in [6.07, 6.45) is 10.3. The van der Waals surface area contributed by atoms with Crippen molar-refractivity contribution in [3.05, 3.63) is 58.9 Å². The molecule has 2 fully saturated rings. The number of nitrogens with zero attached hydrogens (tertiary/aromatic N) is 2. The molecule has 160 valence electrons. The molecule has 2 aromatic rings. The van der Waals surface area contributed by atoms with Gasteiger partial charge in [0.25, 0.3) is 0 Å². The second kappa shape index (κ2) is 9.31. The second-order valence-electron chi connectivity index (χ2n) is 8.87. The molecule has 4 rings (SSSR count). The maximum atomic E-state index is 14.4. The highest BCUT2D eigenvalue weighted by Gasteiger charge is 2.26. The molecule has 2 aromatic heterocycles. The predicted molar refractivity (Wildman–Crippen MR) is 113 cm³/mol. The van der Waals surface area contributed by atoms with Crippen molar-refractivity contribution in [1.82, 2.24) is 9.97 Å². The molecule has 0 saturated heterocycles. The molecule has 6 heteroatoms. The number of pyridine rings is 2. The van der Waals surface area contributed by atoms with Crippen LogP contribution >= 0.6 is 0 Å². The highest BCUT2D eigenvalue weighted by atomic mass is 19.1. The second-order valence-corrected chi connectivity index (χ2v) is 8.87. The zero-order valence-electron chi connectivity index (χ0n) is 17.3. The summed E-state index contributed by atoms with van der Waals surface area (Å²) in [5, 5.41) is 9.72. The number of carbonyl (C=O) groups is 1. The van der Waals surface area contributed by atoms with Gasteiger partial charge in [0.1, 0.15) is 11.5 Å². The number of rotatable bonds is 5. The highest BCUT2D eigenvalue weighted by molar-refractivity contribution is 5.96. The van der Waals surface area contributed by atoms with Crippen molar-refractivity contribution in [3.8, 4) is 0 Å². The van der Waals surface area contributed by atoms with Gasteiger partial charge in [-0.1, -0.05) is 6.42 Å². The third-order valence-corrected chi connectivity index (χ3v) is 6.69. The zero-order valence-corrected chi connectivity index (χ0v) is 17.3. The molecular weight excluding hydrogens is 381 g/mol. The summed E-state index contributed by atoms with van der Waals surface area (Å²) >= 11 is 0. The lowest BCUT2D eigenvalue weighted by Crippen LogP contribution is -2.27. The Hall–Kier alpha value is -2.18. The molecule has 0 aliphatic heterocycles. The Kier molecular flexibility index (Phi) is 6.54. The third kappa shape index (κ3) is 4.76. The summed E-state index contributed by atoms with van der Waals surface area (Å²) < 4.78 is 14.4. The number of hydrogen-bond acceptors (Lipinski definition) is 5. The fourth-order valence-corrected chi connectivity index (χ4v) is 5.01. The summed E-state index contributed by atoms with van der Waals surface area (Å²) in [5.74, 6) is -0.184. The number of hydrogen-bond donors (Lipinski definition) is 2. The molecule has 0 amide bonds. The van der Waals surface area contributed by atoms with Crippen LogP contribution in [0.4, 0.5) is 4.39 Å². The highest BCUT2D eigenvalue weighted by Crippen LogP contribution is 2.35.